The van der Waals surface area contributed by atoms with Crippen LogP contribution in [0.25, 0.3) is 0 Å². The van der Waals surface area contributed by atoms with Gasteiger partial charge in [-0.2, -0.15) is 0 Å². The zero-order valence-corrected chi connectivity index (χ0v) is 17.2. The number of amides is 3. The molecule has 3 aliphatic rings. The van der Waals surface area contributed by atoms with Crippen molar-refractivity contribution in [3.8, 4) is 0 Å². The Balaban J connectivity index is 1.24. The van der Waals surface area contributed by atoms with Gasteiger partial charge in [-0.1, -0.05) is 11.6 Å². The van der Waals surface area contributed by atoms with Crippen LogP contribution in [-0.2, 0) is 4.79 Å². The Morgan fingerprint density at radius 1 is 1.13 bits per heavy atom. The van der Waals surface area contributed by atoms with Crippen molar-refractivity contribution in [2.45, 2.75) is 18.4 Å². The maximum absolute atomic E-state index is 12.7. The van der Waals surface area contributed by atoms with Crippen molar-refractivity contribution in [1.29, 1.82) is 0 Å². The van der Waals surface area contributed by atoms with Crippen molar-refractivity contribution >= 4 is 35.2 Å². The Hall–Kier alpha value is -2.87. The molecule has 2 N–H and O–H groups in total. The van der Waals surface area contributed by atoms with Crippen molar-refractivity contribution in [2.24, 2.45) is 11.8 Å². The summed E-state index contributed by atoms with van der Waals surface area (Å²) in [6.07, 6.45) is 4.95. The smallest absolute Gasteiger partial charge is 0.321 e. The van der Waals surface area contributed by atoms with E-state index in [0.717, 1.165) is 19.4 Å². The molecule has 0 unspecified atom stereocenters. The molecule has 9 heteroatoms. The summed E-state index contributed by atoms with van der Waals surface area (Å²) in [7, 11) is 0. The molecule has 0 saturated carbocycles. The van der Waals surface area contributed by atoms with Gasteiger partial charge in [-0.15, -0.1) is 0 Å². The molecule has 3 saturated heterocycles. The molecule has 2 atom stereocenters. The van der Waals surface area contributed by atoms with Gasteiger partial charge in [0.2, 0.25) is 11.9 Å². The van der Waals surface area contributed by atoms with Gasteiger partial charge in [-0.05, 0) is 43.2 Å². The van der Waals surface area contributed by atoms with E-state index in [1.807, 2.05) is 4.90 Å². The number of urea groups is 1. The SMILES string of the molecule is O=C1NC2(CCN(C(=O)Nc3ccc(Cl)cc3)CC2)[C@@H]2CN(c3ncccn3)C[C@H]12. The van der Waals surface area contributed by atoms with E-state index in [9.17, 15) is 9.59 Å². The van der Waals surface area contributed by atoms with Crippen molar-refractivity contribution in [3.05, 3.63) is 47.7 Å². The van der Waals surface area contributed by atoms with Crippen molar-refractivity contribution in [1.82, 2.24) is 20.2 Å². The normalized spacial score (nSPS) is 24.6. The largest absolute Gasteiger partial charge is 0.350 e. The fourth-order valence-corrected chi connectivity index (χ4v) is 5.14. The zero-order chi connectivity index (χ0) is 20.7. The number of nitrogens with one attached hydrogen (secondary N) is 2. The number of likely N-dealkylation sites (tertiary alicyclic amines) is 1. The number of benzene rings is 1. The quantitative estimate of drug-likeness (QED) is 0.769. The van der Waals surface area contributed by atoms with E-state index in [0.29, 0.717) is 36.3 Å². The molecule has 156 valence electrons. The van der Waals surface area contributed by atoms with Crippen LogP contribution in [0.15, 0.2) is 42.7 Å². The molecule has 30 heavy (non-hydrogen) atoms. The Labute approximate surface area is 179 Å². The minimum Gasteiger partial charge on any atom is -0.350 e. The van der Waals surface area contributed by atoms with Crippen molar-refractivity contribution < 1.29 is 9.59 Å². The Morgan fingerprint density at radius 3 is 2.53 bits per heavy atom. The summed E-state index contributed by atoms with van der Waals surface area (Å²) in [6.45, 7) is 2.60. The molecule has 0 bridgehead atoms. The standard InChI is InChI=1S/C21H23ClN6O2/c22-14-2-4-15(5-3-14)25-20(30)27-10-6-21(7-11-27)17-13-28(12-16(17)18(29)26-21)19-23-8-1-9-24-19/h1-5,8-9,16-17H,6-7,10-13H2,(H,25,30)(H,26,29)/t16-,17+/m0/s1. The van der Waals surface area contributed by atoms with Crippen molar-refractivity contribution in [3.63, 3.8) is 0 Å². The summed E-state index contributed by atoms with van der Waals surface area (Å²) in [5, 5.41) is 6.83. The van der Waals surface area contributed by atoms with E-state index < -0.39 is 0 Å². The predicted octanol–water partition coefficient (Wildman–Crippen LogP) is 2.38. The van der Waals surface area contributed by atoms with Gasteiger partial charge < -0.3 is 20.4 Å². The van der Waals surface area contributed by atoms with Gasteiger partial charge in [-0.3, -0.25) is 4.79 Å². The van der Waals surface area contributed by atoms with Crippen LogP contribution in [-0.4, -0.2) is 58.5 Å². The average molecular weight is 427 g/mol. The second-order valence-corrected chi connectivity index (χ2v) is 8.67. The van der Waals surface area contributed by atoms with E-state index >= 15 is 0 Å². The van der Waals surface area contributed by atoms with Crippen LogP contribution in [0.5, 0.6) is 0 Å². The number of nitrogens with zero attached hydrogens (tertiary/aromatic N) is 4. The molecule has 1 aromatic carbocycles. The lowest BCUT2D eigenvalue weighted by Gasteiger charge is -2.42. The van der Waals surface area contributed by atoms with Crippen molar-refractivity contribution in [2.75, 3.05) is 36.4 Å². The fraction of sp³-hybridized carbons (Fsp3) is 0.429. The minimum atomic E-state index is -0.262. The lowest BCUT2D eigenvalue weighted by atomic mass is 9.75. The van der Waals surface area contributed by atoms with Gasteiger partial charge in [0.1, 0.15) is 0 Å². The highest BCUT2D eigenvalue weighted by Gasteiger charge is 2.57. The molecule has 3 aliphatic heterocycles. The van der Waals surface area contributed by atoms with Crippen LogP contribution in [0.1, 0.15) is 12.8 Å². The van der Waals surface area contributed by atoms with E-state index in [4.69, 9.17) is 11.6 Å². The first-order valence-electron chi connectivity index (χ1n) is 10.2. The first-order valence-corrected chi connectivity index (χ1v) is 10.6. The highest BCUT2D eigenvalue weighted by Crippen LogP contribution is 2.44. The fourth-order valence-electron chi connectivity index (χ4n) is 5.02. The van der Waals surface area contributed by atoms with Crippen LogP contribution < -0.4 is 15.5 Å². The molecule has 1 spiro atoms. The lowest BCUT2D eigenvalue weighted by Crippen LogP contribution is -2.56. The molecule has 5 rings (SSSR count). The second kappa shape index (κ2) is 7.43. The Bertz CT molecular complexity index is 946. The second-order valence-electron chi connectivity index (χ2n) is 8.24. The summed E-state index contributed by atoms with van der Waals surface area (Å²) < 4.78 is 0. The number of piperidine rings is 1. The number of anilines is 2. The topological polar surface area (TPSA) is 90.5 Å². The molecule has 8 nitrogen and oxygen atoms in total. The van der Waals surface area contributed by atoms with Crippen LogP contribution in [0.2, 0.25) is 5.02 Å². The van der Waals surface area contributed by atoms with Crippen LogP contribution in [0.4, 0.5) is 16.4 Å². The Kier molecular flexibility index (Phi) is 4.73. The number of aromatic nitrogens is 2. The number of halogens is 1. The molecule has 4 heterocycles. The maximum Gasteiger partial charge on any atom is 0.321 e. The van der Waals surface area contributed by atoms with Gasteiger partial charge >= 0.3 is 6.03 Å². The molecule has 0 aliphatic carbocycles. The van der Waals surface area contributed by atoms with Gasteiger partial charge in [0.25, 0.3) is 0 Å². The summed E-state index contributed by atoms with van der Waals surface area (Å²) in [5.74, 6) is 0.936. The zero-order valence-electron chi connectivity index (χ0n) is 16.4. The third kappa shape index (κ3) is 3.35. The number of carbonyl (C=O) groups excluding carboxylic acids is 2. The first-order chi connectivity index (χ1) is 14.5. The van der Waals surface area contributed by atoms with E-state index in [2.05, 4.69) is 25.5 Å². The molecule has 3 fully saturated rings. The number of fused-ring (bicyclic) bond motifs is 2. The summed E-state index contributed by atoms with van der Waals surface area (Å²) in [6, 6.07) is 8.73. The third-order valence-electron chi connectivity index (χ3n) is 6.61. The molecule has 2 aromatic rings. The molecular formula is C21H23ClN6O2. The van der Waals surface area contributed by atoms with E-state index in [1.54, 1.807) is 42.7 Å². The molecule has 3 amide bonds. The Morgan fingerprint density at radius 2 is 1.83 bits per heavy atom. The van der Waals surface area contributed by atoms with Gasteiger partial charge in [0.05, 0.1) is 5.92 Å². The number of hydrogen-bond acceptors (Lipinski definition) is 5. The molecular weight excluding hydrogens is 404 g/mol. The predicted molar refractivity (Wildman–Crippen MR) is 113 cm³/mol. The van der Waals surface area contributed by atoms with Gasteiger partial charge in [0, 0.05) is 60.7 Å². The maximum atomic E-state index is 12.7. The molecule has 0 radical (unpaired) electrons. The summed E-state index contributed by atoms with van der Waals surface area (Å²) in [4.78, 5) is 38.0. The van der Waals surface area contributed by atoms with Gasteiger partial charge in [-0.25, -0.2) is 14.8 Å². The monoisotopic (exact) mass is 426 g/mol. The van der Waals surface area contributed by atoms with E-state index in [1.165, 1.54) is 0 Å². The average Bonchev–Trinajstić information content (AvgIpc) is 3.32. The summed E-state index contributed by atoms with van der Waals surface area (Å²) in [5.41, 5.74) is 0.454. The number of rotatable bonds is 2. The number of carbonyl (C=O) groups is 2. The lowest BCUT2D eigenvalue weighted by molar-refractivity contribution is -0.122. The van der Waals surface area contributed by atoms with Crippen LogP contribution >= 0.6 is 11.6 Å². The highest BCUT2D eigenvalue weighted by atomic mass is 35.5. The van der Waals surface area contributed by atoms with Crippen LogP contribution in [0.3, 0.4) is 0 Å². The van der Waals surface area contributed by atoms with E-state index in [-0.39, 0.29) is 29.3 Å². The summed E-state index contributed by atoms with van der Waals surface area (Å²) >= 11 is 5.90. The van der Waals surface area contributed by atoms with Crippen LogP contribution in [0, 0.1) is 11.8 Å². The highest BCUT2D eigenvalue weighted by molar-refractivity contribution is 6.30. The minimum absolute atomic E-state index is 0.0525. The first kappa shape index (κ1) is 19.1. The third-order valence-corrected chi connectivity index (χ3v) is 6.86. The van der Waals surface area contributed by atoms with Gasteiger partial charge in [0.15, 0.2) is 0 Å². The number of hydrogen-bond donors (Lipinski definition) is 2. The molecule has 1 aromatic heterocycles.